The van der Waals surface area contributed by atoms with Crippen molar-refractivity contribution in [2.75, 3.05) is 31.1 Å². The molecule has 0 N–H and O–H groups in total. The molecule has 2 aromatic heterocycles. The second-order valence-electron chi connectivity index (χ2n) is 6.51. The van der Waals surface area contributed by atoms with E-state index in [1.807, 2.05) is 0 Å². The van der Waals surface area contributed by atoms with Gasteiger partial charge in [-0.3, -0.25) is 0 Å². The van der Waals surface area contributed by atoms with E-state index in [1.54, 1.807) is 35.9 Å². The van der Waals surface area contributed by atoms with Crippen LogP contribution in [0.25, 0.3) is 10.2 Å². The van der Waals surface area contributed by atoms with Crippen LogP contribution in [0, 0.1) is 13.8 Å². The van der Waals surface area contributed by atoms with E-state index >= 15 is 0 Å². The summed E-state index contributed by atoms with van der Waals surface area (Å²) in [6.07, 6.45) is 1.59. The summed E-state index contributed by atoms with van der Waals surface area (Å²) in [7, 11) is -3.55. The second-order valence-corrected chi connectivity index (χ2v) is 10.1. The van der Waals surface area contributed by atoms with Gasteiger partial charge in [0.1, 0.15) is 17.0 Å². The van der Waals surface area contributed by atoms with Gasteiger partial charge in [-0.1, -0.05) is 17.7 Å². The number of hydrogen-bond donors (Lipinski definition) is 0. The van der Waals surface area contributed by atoms with E-state index in [4.69, 9.17) is 11.6 Å². The molecule has 27 heavy (non-hydrogen) atoms. The first-order valence-corrected chi connectivity index (χ1v) is 11.2. The average molecular weight is 423 g/mol. The van der Waals surface area contributed by atoms with Crippen LogP contribution in [0.5, 0.6) is 0 Å². The zero-order chi connectivity index (χ0) is 19.2. The Balaban J connectivity index is 1.58. The van der Waals surface area contributed by atoms with Crippen LogP contribution in [0.2, 0.25) is 5.02 Å². The van der Waals surface area contributed by atoms with Crippen molar-refractivity contribution in [3.05, 3.63) is 46.1 Å². The van der Waals surface area contributed by atoms with Crippen LogP contribution in [-0.2, 0) is 10.0 Å². The molecule has 0 aliphatic carbocycles. The molecule has 0 saturated carbocycles. The Morgan fingerprint density at radius 3 is 2.56 bits per heavy atom. The lowest BCUT2D eigenvalue weighted by molar-refractivity contribution is 0.384. The van der Waals surface area contributed by atoms with Crippen molar-refractivity contribution < 1.29 is 8.42 Å². The zero-order valence-electron chi connectivity index (χ0n) is 15.0. The van der Waals surface area contributed by atoms with Gasteiger partial charge in [-0.2, -0.15) is 4.31 Å². The quantitative estimate of drug-likeness (QED) is 0.646. The van der Waals surface area contributed by atoms with E-state index < -0.39 is 10.0 Å². The summed E-state index contributed by atoms with van der Waals surface area (Å²) in [6.45, 7) is 6.15. The molecule has 6 nitrogen and oxygen atoms in total. The van der Waals surface area contributed by atoms with E-state index in [-0.39, 0.29) is 4.90 Å². The number of piperazine rings is 1. The standard InChI is InChI=1S/C18H19ClN4O2S2/c1-12-13(2)26-18-16(12)17(20-11-21-18)22-6-8-23(9-7-22)27(24,25)15-5-3-4-14(19)10-15/h3-5,10-11H,6-9H2,1-2H3. The number of aromatic nitrogens is 2. The smallest absolute Gasteiger partial charge is 0.243 e. The normalized spacial score (nSPS) is 16.2. The molecule has 0 spiro atoms. The SMILES string of the molecule is Cc1sc2ncnc(N3CCN(S(=O)(=O)c4cccc(Cl)c4)CC3)c2c1C. The Kier molecular flexibility index (Phi) is 4.84. The topological polar surface area (TPSA) is 66.4 Å². The fraction of sp³-hybridized carbons (Fsp3) is 0.333. The number of aryl methyl sites for hydroxylation is 2. The molecule has 1 fully saturated rings. The largest absolute Gasteiger partial charge is 0.353 e. The molecular weight excluding hydrogens is 404 g/mol. The molecule has 1 aliphatic rings. The van der Waals surface area contributed by atoms with Crippen molar-refractivity contribution in [2.24, 2.45) is 0 Å². The van der Waals surface area contributed by atoms with Gasteiger partial charge < -0.3 is 4.90 Å². The number of anilines is 1. The van der Waals surface area contributed by atoms with Crippen LogP contribution in [0.4, 0.5) is 5.82 Å². The molecule has 3 aromatic rings. The molecule has 9 heteroatoms. The fourth-order valence-electron chi connectivity index (χ4n) is 3.32. The number of halogens is 1. The molecule has 3 heterocycles. The molecule has 4 rings (SSSR count). The Morgan fingerprint density at radius 1 is 1.11 bits per heavy atom. The Labute approximate surface area is 167 Å². The Bertz CT molecular complexity index is 1110. The number of sulfonamides is 1. The van der Waals surface area contributed by atoms with Crippen molar-refractivity contribution in [1.82, 2.24) is 14.3 Å². The van der Waals surface area contributed by atoms with Gasteiger partial charge in [0, 0.05) is 36.1 Å². The van der Waals surface area contributed by atoms with Crippen LogP contribution in [0.15, 0.2) is 35.5 Å². The maximum atomic E-state index is 12.9. The van der Waals surface area contributed by atoms with Gasteiger partial charge in [-0.25, -0.2) is 18.4 Å². The monoisotopic (exact) mass is 422 g/mol. The van der Waals surface area contributed by atoms with E-state index in [1.165, 1.54) is 20.8 Å². The first-order valence-electron chi connectivity index (χ1n) is 8.59. The number of hydrogen-bond acceptors (Lipinski definition) is 6. The van der Waals surface area contributed by atoms with E-state index in [9.17, 15) is 8.42 Å². The van der Waals surface area contributed by atoms with Crippen molar-refractivity contribution in [3.63, 3.8) is 0 Å². The van der Waals surface area contributed by atoms with E-state index in [0.717, 1.165) is 16.0 Å². The lowest BCUT2D eigenvalue weighted by Crippen LogP contribution is -2.49. The highest BCUT2D eigenvalue weighted by Gasteiger charge is 2.30. The molecule has 1 aliphatic heterocycles. The Hall–Kier alpha value is -1.74. The maximum Gasteiger partial charge on any atom is 0.243 e. The van der Waals surface area contributed by atoms with E-state index in [0.29, 0.717) is 31.2 Å². The summed E-state index contributed by atoms with van der Waals surface area (Å²) in [4.78, 5) is 13.5. The number of thiophene rings is 1. The van der Waals surface area contributed by atoms with Gasteiger partial charge in [-0.05, 0) is 37.6 Å². The van der Waals surface area contributed by atoms with Crippen LogP contribution in [-0.4, -0.2) is 48.9 Å². The minimum atomic E-state index is -3.55. The summed E-state index contributed by atoms with van der Waals surface area (Å²) >= 11 is 7.62. The molecule has 0 unspecified atom stereocenters. The van der Waals surface area contributed by atoms with Gasteiger partial charge >= 0.3 is 0 Å². The highest BCUT2D eigenvalue weighted by atomic mass is 35.5. The summed E-state index contributed by atoms with van der Waals surface area (Å²) in [6, 6.07) is 6.41. The van der Waals surface area contributed by atoms with Crippen molar-refractivity contribution >= 4 is 49.0 Å². The van der Waals surface area contributed by atoms with Crippen molar-refractivity contribution in [3.8, 4) is 0 Å². The molecular formula is C18H19ClN4O2S2. The molecule has 0 bridgehead atoms. The molecule has 0 atom stereocenters. The average Bonchev–Trinajstić information content (AvgIpc) is 2.96. The van der Waals surface area contributed by atoms with E-state index in [2.05, 4.69) is 28.7 Å². The first-order chi connectivity index (χ1) is 12.9. The van der Waals surface area contributed by atoms with Gasteiger partial charge in [0.25, 0.3) is 0 Å². The molecule has 0 amide bonds. The lowest BCUT2D eigenvalue weighted by Gasteiger charge is -2.35. The van der Waals surface area contributed by atoms with Crippen LogP contribution in [0.1, 0.15) is 10.4 Å². The molecule has 1 saturated heterocycles. The fourth-order valence-corrected chi connectivity index (χ4v) is 6.04. The third-order valence-electron chi connectivity index (χ3n) is 4.92. The van der Waals surface area contributed by atoms with Gasteiger partial charge in [0.2, 0.25) is 10.0 Å². The summed E-state index contributed by atoms with van der Waals surface area (Å²) in [5, 5.41) is 1.49. The lowest BCUT2D eigenvalue weighted by atomic mass is 10.2. The molecule has 0 radical (unpaired) electrons. The minimum absolute atomic E-state index is 0.234. The number of fused-ring (bicyclic) bond motifs is 1. The highest BCUT2D eigenvalue weighted by Crippen LogP contribution is 2.34. The predicted octanol–water partition coefficient (Wildman–Crippen LogP) is 3.47. The summed E-state index contributed by atoms with van der Waals surface area (Å²) in [5.74, 6) is 0.890. The number of benzene rings is 1. The summed E-state index contributed by atoms with van der Waals surface area (Å²) in [5.41, 5.74) is 1.19. The van der Waals surface area contributed by atoms with Crippen molar-refractivity contribution in [1.29, 1.82) is 0 Å². The third kappa shape index (κ3) is 3.31. The van der Waals surface area contributed by atoms with Gasteiger partial charge in [0.15, 0.2) is 0 Å². The van der Waals surface area contributed by atoms with Gasteiger partial charge in [-0.15, -0.1) is 11.3 Å². The first kappa shape index (κ1) is 18.6. The minimum Gasteiger partial charge on any atom is -0.353 e. The molecule has 1 aromatic carbocycles. The van der Waals surface area contributed by atoms with Crippen molar-refractivity contribution in [2.45, 2.75) is 18.7 Å². The third-order valence-corrected chi connectivity index (χ3v) is 8.16. The number of rotatable bonds is 3. The van der Waals surface area contributed by atoms with Crippen LogP contribution < -0.4 is 4.90 Å². The highest BCUT2D eigenvalue weighted by molar-refractivity contribution is 7.89. The number of nitrogens with zero attached hydrogens (tertiary/aromatic N) is 4. The van der Waals surface area contributed by atoms with Crippen LogP contribution in [0.3, 0.4) is 0 Å². The van der Waals surface area contributed by atoms with Gasteiger partial charge in [0.05, 0.1) is 10.3 Å². The molecule has 142 valence electrons. The zero-order valence-corrected chi connectivity index (χ0v) is 17.4. The predicted molar refractivity (Wildman–Crippen MR) is 109 cm³/mol. The van der Waals surface area contributed by atoms with Crippen LogP contribution >= 0.6 is 22.9 Å². The maximum absolute atomic E-state index is 12.9. The second kappa shape index (κ2) is 7.01. The summed E-state index contributed by atoms with van der Waals surface area (Å²) < 4.78 is 27.3. The Morgan fingerprint density at radius 2 is 1.85 bits per heavy atom.